The SMILES string of the molecule is COc1ccc(CC(=O)NC(C)c2ccccc2)cc1F. The molecule has 2 aromatic carbocycles. The lowest BCUT2D eigenvalue weighted by atomic mass is 10.1. The second-order valence-electron chi connectivity index (χ2n) is 4.85. The van der Waals surface area contributed by atoms with E-state index in [1.165, 1.54) is 19.2 Å². The van der Waals surface area contributed by atoms with Gasteiger partial charge in [-0.15, -0.1) is 0 Å². The Balaban J connectivity index is 1.97. The van der Waals surface area contributed by atoms with Gasteiger partial charge < -0.3 is 10.1 Å². The summed E-state index contributed by atoms with van der Waals surface area (Å²) in [6.45, 7) is 1.92. The number of carbonyl (C=O) groups is 1. The molecular weight excluding hydrogens is 269 g/mol. The summed E-state index contributed by atoms with van der Waals surface area (Å²) in [5, 5.41) is 2.90. The number of rotatable bonds is 5. The van der Waals surface area contributed by atoms with Crippen LogP contribution in [0.5, 0.6) is 5.75 Å². The van der Waals surface area contributed by atoms with Gasteiger partial charge in [0.15, 0.2) is 11.6 Å². The first-order valence-electron chi connectivity index (χ1n) is 6.77. The van der Waals surface area contributed by atoms with Crippen LogP contribution in [0.3, 0.4) is 0 Å². The van der Waals surface area contributed by atoms with Crippen LogP contribution in [0.1, 0.15) is 24.1 Å². The van der Waals surface area contributed by atoms with Crippen molar-refractivity contribution >= 4 is 5.91 Å². The van der Waals surface area contributed by atoms with Crippen LogP contribution >= 0.6 is 0 Å². The highest BCUT2D eigenvalue weighted by Gasteiger charge is 2.11. The van der Waals surface area contributed by atoms with Gasteiger partial charge in [0.2, 0.25) is 5.91 Å². The first-order valence-corrected chi connectivity index (χ1v) is 6.77. The third-order valence-electron chi connectivity index (χ3n) is 3.26. The molecule has 1 N–H and O–H groups in total. The molecule has 0 saturated carbocycles. The Bertz CT molecular complexity index is 613. The average molecular weight is 287 g/mol. The summed E-state index contributed by atoms with van der Waals surface area (Å²) in [6.07, 6.45) is 0.137. The number of nitrogens with one attached hydrogen (secondary N) is 1. The van der Waals surface area contributed by atoms with Crippen LogP contribution in [-0.2, 0) is 11.2 Å². The van der Waals surface area contributed by atoms with E-state index in [-0.39, 0.29) is 24.1 Å². The number of methoxy groups -OCH3 is 1. The van der Waals surface area contributed by atoms with Crippen molar-refractivity contribution in [2.24, 2.45) is 0 Å². The topological polar surface area (TPSA) is 38.3 Å². The van der Waals surface area contributed by atoms with Crippen LogP contribution in [0, 0.1) is 5.82 Å². The minimum Gasteiger partial charge on any atom is -0.494 e. The summed E-state index contributed by atoms with van der Waals surface area (Å²) in [5.74, 6) is -0.424. The van der Waals surface area contributed by atoms with Gasteiger partial charge in [-0.2, -0.15) is 0 Å². The number of benzene rings is 2. The van der Waals surface area contributed by atoms with Crippen molar-refractivity contribution in [1.82, 2.24) is 5.32 Å². The Labute approximate surface area is 123 Å². The zero-order valence-corrected chi connectivity index (χ0v) is 12.1. The molecule has 1 unspecified atom stereocenters. The number of amides is 1. The molecule has 0 saturated heterocycles. The maximum atomic E-state index is 13.6. The molecule has 1 atom stereocenters. The molecule has 1 amide bonds. The predicted molar refractivity (Wildman–Crippen MR) is 79.7 cm³/mol. The largest absolute Gasteiger partial charge is 0.494 e. The van der Waals surface area contributed by atoms with E-state index >= 15 is 0 Å². The highest BCUT2D eigenvalue weighted by Crippen LogP contribution is 2.18. The minimum atomic E-state index is -0.459. The van der Waals surface area contributed by atoms with Crippen LogP contribution in [0.2, 0.25) is 0 Å². The van der Waals surface area contributed by atoms with Crippen LogP contribution < -0.4 is 10.1 Å². The fourth-order valence-electron chi connectivity index (χ4n) is 2.12. The summed E-state index contributed by atoms with van der Waals surface area (Å²) < 4.78 is 18.4. The summed E-state index contributed by atoms with van der Waals surface area (Å²) in [6, 6.07) is 14.2. The van der Waals surface area contributed by atoms with Gasteiger partial charge in [-0.05, 0) is 30.2 Å². The summed E-state index contributed by atoms with van der Waals surface area (Å²) >= 11 is 0. The summed E-state index contributed by atoms with van der Waals surface area (Å²) in [5.41, 5.74) is 1.65. The summed E-state index contributed by atoms with van der Waals surface area (Å²) in [4.78, 5) is 12.0. The number of halogens is 1. The number of hydrogen-bond donors (Lipinski definition) is 1. The van der Waals surface area contributed by atoms with E-state index in [1.807, 2.05) is 37.3 Å². The molecular formula is C17H18FNO2. The Kier molecular flexibility index (Phi) is 4.93. The molecule has 0 aliphatic rings. The highest BCUT2D eigenvalue weighted by atomic mass is 19.1. The van der Waals surface area contributed by atoms with Crippen molar-refractivity contribution in [2.75, 3.05) is 7.11 Å². The van der Waals surface area contributed by atoms with E-state index in [4.69, 9.17) is 4.74 Å². The minimum absolute atomic E-state index is 0.0817. The fourth-order valence-corrected chi connectivity index (χ4v) is 2.12. The van der Waals surface area contributed by atoms with Crippen molar-refractivity contribution < 1.29 is 13.9 Å². The van der Waals surface area contributed by atoms with Gasteiger partial charge in [0.1, 0.15) is 0 Å². The quantitative estimate of drug-likeness (QED) is 0.916. The standard InChI is InChI=1S/C17H18FNO2/c1-12(14-6-4-3-5-7-14)19-17(20)11-13-8-9-16(21-2)15(18)10-13/h3-10,12H,11H2,1-2H3,(H,19,20). The molecule has 0 fully saturated rings. The van der Waals surface area contributed by atoms with E-state index in [9.17, 15) is 9.18 Å². The molecule has 0 aromatic heterocycles. The van der Waals surface area contributed by atoms with E-state index < -0.39 is 5.82 Å². The predicted octanol–water partition coefficient (Wildman–Crippen LogP) is 3.25. The summed E-state index contributed by atoms with van der Waals surface area (Å²) in [7, 11) is 1.41. The van der Waals surface area contributed by atoms with Crippen molar-refractivity contribution in [3.63, 3.8) is 0 Å². The van der Waals surface area contributed by atoms with Gasteiger partial charge in [0.25, 0.3) is 0 Å². The Hall–Kier alpha value is -2.36. The molecule has 0 spiro atoms. The third kappa shape index (κ3) is 4.05. The van der Waals surface area contributed by atoms with Gasteiger partial charge >= 0.3 is 0 Å². The molecule has 0 radical (unpaired) electrons. The Morgan fingerprint density at radius 2 is 1.95 bits per heavy atom. The lowest BCUT2D eigenvalue weighted by Gasteiger charge is -2.14. The van der Waals surface area contributed by atoms with Crippen LogP contribution in [0.25, 0.3) is 0 Å². The van der Waals surface area contributed by atoms with Crippen molar-refractivity contribution in [2.45, 2.75) is 19.4 Å². The number of hydrogen-bond acceptors (Lipinski definition) is 2. The van der Waals surface area contributed by atoms with Crippen LogP contribution in [0.4, 0.5) is 4.39 Å². The van der Waals surface area contributed by atoms with Gasteiger partial charge in [0, 0.05) is 0 Å². The molecule has 2 aromatic rings. The van der Waals surface area contributed by atoms with Crippen molar-refractivity contribution in [1.29, 1.82) is 0 Å². The van der Waals surface area contributed by atoms with E-state index in [1.54, 1.807) is 6.07 Å². The van der Waals surface area contributed by atoms with E-state index in [2.05, 4.69) is 5.32 Å². The highest BCUT2D eigenvalue weighted by molar-refractivity contribution is 5.79. The fraction of sp³-hybridized carbons (Fsp3) is 0.235. The monoisotopic (exact) mass is 287 g/mol. The lowest BCUT2D eigenvalue weighted by Crippen LogP contribution is -2.28. The lowest BCUT2D eigenvalue weighted by molar-refractivity contribution is -0.121. The van der Waals surface area contributed by atoms with Crippen molar-refractivity contribution in [3.05, 3.63) is 65.5 Å². The van der Waals surface area contributed by atoms with E-state index in [0.29, 0.717) is 5.56 Å². The zero-order valence-electron chi connectivity index (χ0n) is 12.1. The smallest absolute Gasteiger partial charge is 0.224 e. The van der Waals surface area contributed by atoms with Gasteiger partial charge in [0.05, 0.1) is 19.6 Å². The normalized spacial score (nSPS) is 11.8. The average Bonchev–Trinajstić information content (AvgIpc) is 2.48. The zero-order chi connectivity index (χ0) is 15.2. The molecule has 4 heteroatoms. The number of ether oxygens (including phenoxy) is 1. The molecule has 0 aliphatic carbocycles. The van der Waals surface area contributed by atoms with Crippen molar-refractivity contribution in [3.8, 4) is 5.75 Å². The van der Waals surface area contributed by atoms with Crippen LogP contribution in [0.15, 0.2) is 48.5 Å². The first-order chi connectivity index (χ1) is 10.1. The van der Waals surface area contributed by atoms with Gasteiger partial charge in [-0.25, -0.2) is 4.39 Å². The molecule has 2 rings (SSSR count). The molecule has 21 heavy (non-hydrogen) atoms. The molecule has 0 heterocycles. The maximum Gasteiger partial charge on any atom is 0.224 e. The second kappa shape index (κ2) is 6.88. The molecule has 3 nitrogen and oxygen atoms in total. The Morgan fingerprint density at radius 1 is 1.24 bits per heavy atom. The Morgan fingerprint density at radius 3 is 2.57 bits per heavy atom. The second-order valence-corrected chi connectivity index (χ2v) is 4.85. The van der Waals surface area contributed by atoms with Crippen LogP contribution in [-0.4, -0.2) is 13.0 Å². The molecule has 110 valence electrons. The van der Waals surface area contributed by atoms with Gasteiger partial charge in [-0.1, -0.05) is 36.4 Å². The first kappa shape index (κ1) is 15.0. The molecule has 0 bridgehead atoms. The van der Waals surface area contributed by atoms with Gasteiger partial charge in [-0.3, -0.25) is 4.79 Å². The van der Waals surface area contributed by atoms with E-state index in [0.717, 1.165) is 5.56 Å². The number of carbonyl (C=O) groups excluding carboxylic acids is 1. The maximum absolute atomic E-state index is 13.6. The third-order valence-corrected chi connectivity index (χ3v) is 3.26. The molecule has 0 aliphatic heterocycles.